The Morgan fingerprint density at radius 2 is 1.74 bits per heavy atom. The summed E-state index contributed by atoms with van der Waals surface area (Å²) in [5.74, 6) is -0.452. The van der Waals surface area contributed by atoms with Crippen molar-refractivity contribution in [3.63, 3.8) is 0 Å². The second-order valence-corrected chi connectivity index (χ2v) is 8.16. The molecule has 1 saturated heterocycles. The number of nitrogens with zero attached hydrogens (tertiary/aromatic N) is 4. The van der Waals surface area contributed by atoms with E-state index in [0.29, 0.717) is 0 Å². The van der Waals surface area contributed by atoms with Crippen LogP contribution in [0.25, 0.3) is 16.9 Å². The minimum absolute atomic E-state index is 0.191. The highest BCUT2D eigenvalue weighted by molar-refractivity contribution is 6.07. The van der Waals surface area contributed by atoms with Crippen molar-refractivity contribution in [2.75, 3.05) is 6.54 Å². The molecule has 3 heterocycles. The molecule has 0 radical (unpaired) electrons. The highest BCUT2D eigenvalue weighted by atomic mass is 16.2. The summed E-state index contributed by atoms with van der Waals surface area (Å²) in [5, 5.41) is 2.79. The zero-order chi connectivity index (χ0) is 21.4. The van der Waals surface area contributed by atoms with Crippen LogP contribution in [0.3, 0.4) is 0 Å². The SMILES string of the molecule is O=C(CN1C(=O)[C@@H]2CCCC[C@H]2C1=O)NCc1ccc(-n2cnc3ccccc32)nc1. The second kappa shape index (κ2) is 7.94. The lowest BCUT2D eigenvalue weighted by Crippen LogP contribution is -2.40. The van der Waals surface area contributed by atoms with Gasteiger partial charge in [0.1, 0.15) is 18.7 Å². The summed E-state index contributed by atoms with van der Waals surface area (Å²) in [4.78, 5) is 47.4. The molecule has 158 valence electrons. The van der Waals surface area contributed by atoms with Gasteiger partial charge in [-0.2, -0.15) is 0 Å². The number of benzene rings is 1. The van der Waals surface area contributed by atoms with Gasteiger partial charge in [-0.05, 0) is 36.6 Å². The van der Waals surface area contributed by atoms with E-state index in [2.05, 4.69) is 15.3 Å². The van der Waals surface area contributed by atoms with Crippen LogP contribution in [-0.2, 0) is 20.9 Å². The molecule has 8 nitrogen and oxygen atoms in total. The van der Waals surface area contributed by atoms with Gasteiger partial charge in [-0.25, -0.2) is 9.97 Å². The maximum absolute atomic E-state index is 12.5. The summed E-state index contributed by atoms with van der Waals surface area (Å²) in [6.45, 7) is 0.0665. The van der Waals surface area contributed by atoms with Gasteiger partial charge in [-0.15, -0.1) is 0 Å². The van der Waals surface area contributed by atoms with Crippen LogP contribution in [0.5, 0.6) is 0 Å². The predicted octanol–water partition coefficient (Wildman–Crippen LogP) is 2.21. The van der Waals surface area contributed by atoms with E-state index in [4.69, 9.17) is 0 Å². The highest BCUT2D eigenvalue weighted by Crippen LogP contribution is 2.37. The van der Waals surface area contributed by atoms with Crippen molar-refractivity contribution in [3.8, 4) is 5.82 Å². The molecular formula is C23H23N5O3. The number of rotatable bonds is 5. The van der Waals surface area contributed by atoms with Crippen LogP contribution in [0.4, 0.5) is 0 Å². The van der Waals surface area contributed by atoms with Gasteiger partial charge >= 0.3 is 0 Å². The van der Waals surface area contributed by atoms with E-state index in [1.807, 2.05) is 41.0 Å². The molecule has 1 aromatic carbocycles. The molecule has 2 aliphatic rings. The molecule has 0 bridgehead atoms. The van der Waals surface area contributed by atoms with E-state index in [1.165, 1.54) is 0 Å². The summed E-state index contributed by atoms with van der Waals surface area (Å²) in [5.41, 5.74) is 2.69. The molecule has 3 amide bonds. The van der Waals surface area contributed by atoms with E-state index >= 15 is 0 Å². The fraction of sp³-hybridized carbons (Fsp3) is 0.348. The van der Waals surface area contributed by atoms with Crippen LogP contribution in [0.2, 0.25) is 0 Å². The number of pyridine rings is 1. The van der Waals surface area contributed by atoms with Crippen molar-refractivity contribution in [3.05, 3.63) is 54.5 Å². The third-order valence-electron chi connectivity index (χ3n) is 6.23. The molecule has 1 N–H and O–H groups in total. The zero-order valence-electron chi connectivity index (χ0n) is 17.0. The van der Waals surface area contributed by atoms with Gasteiger partial charge in [0.05, 0.1) is 22.9 Å². The lowest BCUT2D eigenvalue weighted by atomic mass is 9.81. The number of imidazole rings is 1. The lowest BCUT2D eigenvalue weighted by molar-refractivity contribution is -0.143. The number of aromatic nitrogens is 3. The van der Waals surface area contributed by atoms with E-state index in [1.54, 1.807) is 12.5 Å². The number of carbonyl (C=O) groups excluding carboxylic acids is 3. The Morgan fingerprint density at radius 3 is 2.45 bits per heavy atom. The fourth-order valence-electron chi connectivity index (χ4n) is 4.59. The molecule has 1 aliphatic heterocycles. The maximum Gasteiger partial charge on any atom is 0.240 e. The van der Waals surface area contributed by atoms with Crippen LogP contribution in [0, 0.1) is 11.8 Å². The molecule has 5 rings (SSSR count). The Hall–Kier alpha value is -3.55. The number of hydrogen-bond acceptors (Lipinski definition) is 5. The van der Waals surface area contributed by atoms with Gasteiger partial charge in [-0.1, -0.05) is 31.0 Å². The van der Waals surface area contributed by atoms with Gasteiger partial charge in [-0.3, -0.25) is 23.9 Å². The molecule has 2 fully saturated rings. The number of hydrogen-bond donors (Lipinski definition) is 1. The van der Waals surface area contributed by atoms with Crippen LogP contribution in [0.15, 0.2) is 48.9 Å². The van der Waals surface area contributed by atoms with Crippen LogP contribution in [0.1, 0.15) is 31.2 Å². The predicted molar refractivity (Wildman–Crippen MR) is 113 cm³/mol. The Kier molecular flexibility index (Phi) is 4.97. The van der Waals surface area contributed by atoms with Gasteiger partial charge in [0, 0.05) is 12.7 Å². The van der Waals surface area contributed by atoms with Gasteiger partial charge in [0.2, 0.25) is 17.7 Å². The van der Waals surface area contributed by atoms with Crippen molar-refractivity contribution in [2.24, 2.45) is 11.8 Å². The van der Waals surface area contributed by atoms with Crippen LogP contribution < -0.4 is 5.32 Å². The van der Waals surface area contributed by atoms with E-state index < -0.39 is 0 Å². The summed E-state index contributed by atoms with van der Waals surface area (Å²) in [7, 11) is 0. The molecule has 2 atom stereocenters. The Bertz CT molecular complexity index is 1130. The summed E-state index contributed by atoms with van der Waals surface area (Å²) < 4.78 is 1.90. The Balaban J connectivity index is 1.20. The number of nitrogens with one attached hydrogen (secondary N) is 1. The molecule has 3 aromatic rings. The van der Waals surface area contributed by atoms with Crippen molar-refractivity contribution in [2.45, 2.75) is 32.2 Å². The Labute approximate surface area is 179 Å². The second-order valence-electron chi connectivity index (χ2n) is 8.16. The first-order valence-electron chi connectivity index (χ1n) is 10.6. The largest absolute Gasteiger partial charge is 0.350 e. The monoisotopic (exact) mass is 417 g/mol. The number of imide groups is 1. The van der Waals surface area contributed by atoms with Crippen molar-refractivity contribution < 1.29 is 14.4 Å². The first kappa shape index (κ1) is 19.4. The average molecular weight is 417 g/mol. The summed E-state index contributed by atoms with van der Waals surface area (Å²) in [6.07, 6.45) is 6.87. The van der Waals surface area contributed by atoms with Crippen molar-refractivity contribution >= 4 is 28.8 Å². The normalized spacial score (nSPS) is 20.8. The van der Waals surface area contributed by atoms with Gasteiger partial charge in [0.15, 0.2) is 0 Å². The summed E-state index contributed by atoms with van der Waals surface area (Å²) >= 11 is 0. The molecule has 1 aliphatic carbocycles. The third kappa shape index (κ3) is 3.58. The topological polar surface area (TPSA) is 97.2 Å². The van der Waals surface area contributed by atoms with Crippen LogP contribution in [-0.4, -0.2) is 43.7 Å². The molecule has 8 heteroatoms. The third-order valence-corrected chi connectivity index (χ3v) is 6.23. The molecule has 0 spiro atoms. The van der Waals surface area contributed by atoms with E-state index in [9.17, 15) is 14.4 Å². The minimum atomic E-state index is -0.343. The number of amides is 3. The highest BCUT2D eigenvalue weighted by Gasteiger charge is 2.48. The fourth-order valence-corrected chi connectivity index (χ4v) is 4.59. The number of carbonyl (C=O) groups is 3. The minimum Gasteiger partial charge on any atom is -0.350 e. The molecular weight excluding hydrogens is 394 g/mol. The van der Waals surface area contributed by atoms with E-state index in [0.717, 1.165) is 53.0 Å². The zero-order valence-corrected chi connectivity index (χ0v) is 17.0. The van der Waals surface area contributed by atoms with Crippen molar-refractivity contribution in [1.29, 1.82) is 0 Å². The average Bonchev–Trinajstić information content (AvgIpc) is 3.34. The standard InChI is InChI=1S/C23H23N5O3/c29-21(13-27-22(30)16-5-1-2-6-17(16)23(27)31)25-12-15-9-10-20(24-11-15)28-14-26-18-7-3-4-8-19(18)28/h3-4,7-11,14,16-17H,1-2,5-6,12-13H2,(H,25,29)/t16-,17-/m1/s1. The van der Waals surface area contributed by atoms with Crippen molar-refractivity contribution in [1.82, 2.24) is 24.8 Å². The number of para-hydroxylation sites is 2. The van der Waals surface area contributed by atoms with Gasteiger partial charge in [0.25, 0.3) is 0 Å². The first-order valence-corrected chi connectivity index (χ1v) is 10.6. The van der Waals surface area contributed by atoms with E-state index in [-0.39, 0.29) is 42.6 Å². The van der Waals surface area contributed by atoms with Crippen LogP contribution >= 0.6 is 0 Å². The number of fused-ring (bicyclic) bond motifs is 2. The smallest absolute Gasteiger partial charge is 0.240 e. The summed E-state index contributed by atoms with van der Waals surface area (Å²) in [6, 6.07) is 11.6. The van der Waals surface area contributed by atoms with Gasteiger partial charge < -0.3 is 5.32 Å². The Morgan fingerprint density at radius 1 is 1.00 bits per heavy atom. The molecule has 1 saturated carbocycles. The quantitative estimate of drug-likeness (QED) is 0.642. The first-order chi connectivity index (χ1) is 15.1. The molecule has 31 heavy (non-hydrogen) atoms. The maximum atomic E-state index is 12.5. The lowest BCUT2D eigenvalue weighted by Gasteiger charge is -2.19. The molecule has 2 aromatic heterocycles. The number of likely N-dealkylation sites (tertiary alicyclic amines) is 1. The molecule has 0 unspecified atom stereocenters.